The summed E-state index contributed by atoms with van der Waals surface area (Å²) in [5.41, 5.74) is 0. The van der Waals surface area contributed by atoms with Gasteiger partial charge < -0.3 is 9.84 Å². The number of carboxylic acids is 1. The van der Waals surface area contributed by atoms with Crippen LogP contribution < -0.4 is 9.46 Å². The maximum Gasteiger partial charge on any atom is 0.345 e. The molecule has 19 heavy (non-hydrogen) atoms. The largest absolute Gasteiger partial charge is 0.477 e. The van der Waals surface area contributed by atoms with Gasteiger partial charge in [0.15, 0.2) is 0 Å². The Kier molecular flexibility index (Phi) is 3.40. The highest BCUT2D eigenvalue weighted by molar-refractivity contribution is 7.94. The lowest BCUT2D eigenvalue weighted by atomic mass is 10.5. The Morgan fingerprint density at radius 3 is 2.79 bits per heavy atom. The molecule has 2 rings (SSSR count). The van der Waals surface area contributed by atoms with Crippen molar-refractivity contribution >= 4 is 33.3 Å². The minimum atomic E-state index is -3.91. The number of hydrogen-bond donors (Lipinski definition) is 3. The molecule has 0 atom stereocenters. The van der Waals surface area contributed by atoms with Gasteiger partial charge in [-0.05, 0) is 12.1 Å². The molecule has 0 unspecified atom stereocenters. The van der Waals surface area contributed by atoms with Crippen LogP contribution in [0.1, 0.15) is 9.67 Å². The lowest BCUT2D eigenvalue weighted by Gasteiger charge is -2.00. The summed E-state index contributed by atoms with van der Waals surface area (Å²) in [6.07, 6.45) is 0. The van der Waals surface area contributed by atoms with Crippen LogP contribution in [0, 0.1) is 0 Å². The first kappa shape index (κ1) is 13.3. The number of aromatic nitrogens is 3. The molecule has 0 bridgehead atoms. The lowest BCUT2D eigenvalue weighted by molar-refractivity contribution is 0.0702. The number of ether oxygens (including phenoxy) is 1. The standard InChI is InChI=1S/C8H8N4O5S2/c1-17-8-9-7(10-11-8)12-19(15,16)5-3-2-4(18-5)6(13)14/h2-3H,1H3,(H,13,14)(H2,9,10,11,12). The number of nitrogens with zero attached hydrogens (tertiary/aromatic N) is 2. The van der Waals surface area contributed by atoms with Crippen molar-refractivity contribution in [3.05, 3.63) is 17.0 Å². The zero-order valence-corrected chi connectivity index (χ0v) is 11.1. The molecule has 0 fully saturated rings. The second kappa shape index (κ2) is 4.85. The summed E-state index contributed by atoms with van der Waals surface area (Å²) >= 11 is 0.636. The zero-order valence-electron chi connectivity index (χ0n) is 9.45. The van der Waals surface area contributed by atoms with E-state index in [1.807, 2.05) is 0 Å². The molecule has 2 heterocycles. The van der Waals surface area contributed by atoms with E-state index in [-0.39, 0.29) is 21.0 Å². The monoisotopic (exact) mass is 304 g/mol. The van der Waals surface area contributed by atoms with E-state index in [2.05, 4.69) is 24.6 Å². The van der Waals surface area contributed by atoms with Crippen molar-refractivity contribution in [3.8, 4) is 6.01 Å². The van der Waals surface area contributed by atoms with Gasteiger partial charge in [-0.15, -0.1) is 16.4 Å². The summed E-state index contributed by atoms with van der Waals surface area (Å²) in [7, 11) is -2.57. The number of carbonyl (C=O) groups is 1. The highest BCUT2D eigenvalue weighted by Gasteiger charge is 2.20. The Morgan fingerprint density at radius 1 is 1.53 bits per heavy atom. The van der Waals surface area contributed by atoms with Crippen molar-refractivity contribution in [1.29, 1.82) is 0 Å². The van der Waals surface area contributed by atoms with E-state index in [0.717, 1.165) is 0 Å². The average Bonchev–Trinajstić information content (AvgIpc) is 2.95. The third kappa shape index (κ3) is 2.82. The summed E-state index contributed by atoms with van der Waals surface area (Å²) in [4.78, 5) is 14.3. The number of aromatic carboxylic acids is 1. The summed E-state index contributed by atoms with van der Waals surface area (Å²) in [5, 5.41) is 14.6. The number of thiophene rings is 1. The highest BCUT2D eigenvalue weighted by atomic mass is 32.2. The maximum atomic E-state index is 11.9. The Labute approximate surface area is 111 Å². The number of nitrogens with one attached hydrogen (secondary N) is 2. The molecule has 0 aromatic carbocycles. The van der Waals surface area contributed by atoms with Crippen molar-refractivity contribution < 1.29 is 23.1 Å². The van der Waals surface area contributed by atoms with Crippen LogP contribution in [0.3, 0.4) is 0 Å². The SMILES string of the molecule is COc1n[nH]c(NS(=O)(=O)c2ccc(C(=O)O)s2)n1. The van der Waals surface area contributed by atoms with Gasteiger partial charge in [-0.3, -0.25) is 0 Å². The Bertz CT molecular complexity index is 704. The van der Waals surface area contributed by atoms with Crippen molar-refractivity contribution in [3.63, 3.8) is 0 Å². The van der Waals surface area contributed by atoms with Gasteiger partial charge in [0.25, 0.3) is 10.0 Å². The lowest BCUT2D eigenvalue weighted by Crippen LogP contribution is -2.12. The molecule has 0 spiro atoms. The van der Waals surface area contributed by atoms with E-state index in [1.165, 1.54) is 19.2 Å². The predicted octanol–water partition coefficient (Wildman–Crippen LogP) is 0.374. The number of H-pyrrole nitrogens is 1. The summed E-state index contributed by atoms with van der Waals surface area (Å²) < 4.78 is 30.5. The van der Waals surface area contributed by atoms with E-state index in [0.29, 0.717) is 11.3 Å². The number of anilines is 1. The van der Waals surface area contributed by atoms with Crippen LogP contribution >= 0.6 is 11.3 Å². The topological polar surface area (TPSA) is 134 Å². The molecule has 0 aliphatic rings. The highest BCUT2D eigenvalue weighted by Crippen LogP contribution is 2.23. The first-order valence-corrected chi connectivity index (χ1v) is 7.04. The number of sulfonamides is 1. The second-order valence-electron chi connectivity index (χ2n) is 3.20. The number of rotatable bonds is 5. The molecule has 0 saturated heterocycles. The van der Waals surface area contributed by atoms with Gasteiger partial charge in [0.05, 0.1) is 7.11 Å². The Morgan fingerprint density at radius 2 is 2.26 bits per heavy atom. The smallest absolute Gasteiger partial charge is 0.345 e. The molecule has 0 aliphatic carbocycles. The van der Waals surface area contributed by atoms with Gasteiger partial charge in [-0.25, -0.2) is 23.0 Å². The molecule has 102 valence electrons. The molecule has 2 aromatic heterocycles. The minimum Gasteiger partial charge on any atom is -0.477 e. The van der Waals surface area contributed by atoms with E-state index in [4.69, 9.17) is 5.11 Å². The van der Waals surface area contributed by atoms with Crippen LogP contribution in [-0.4, -0.2) is 41.8 Å². The molecule has 3 N–H and O–H groups in total. The number of hydrogen-bond acceptors (Lipinski definition) is 7. The van der Waals surface area contributed by atoms with Crippen molar-refractivity contribution in [2.75, 3.05) is 11.8 Å². The fourth-order valence-electron chi connectivity index (χ4n) is 1.14. The van der Waals surface area contributed by atoms with Crippen molar-refractivity contribution in [1.82, 2.24) is 15.2 Å². The fraction of sp³-hybridized carbons (Fsp3) is 0.125. The van der Waals surface area contributed by atoms with Crippen molar-refractivity contribution in [2.24, 2.45) is 0 Å². The summed E-state index contributed by atoms with van der Waals surface area (Å²) in [6.45, 7) is 0. The van der Waals surface area contributed by atoms with Gasteiger partial charge in [0.2, 0.25) is 5.95 Å². The molecule has 9 nitrogen and oxygen atoms in total. The number of aromatic amines is 1. The maximum absolute atomic E-state index is 11.9. The second-order valence-corrected chi connectivity index (χ2v) is 6.19. The molecule has 2 aromatic rings. The molecular formula is C8H8N4O5S2. The van der Waals surface area contributed by atoms with Crippen LogP contribution in [0.5, 0.6) is 6.01 Å². The van der Waals surface area contributed by atoms with Gasteiger partial charge >= 0.3 is 12.0 Å². The van der Waals surface area contributed by atoms with Gasteiger partial charge in [0.1, 0.15) is 9.09 Å². The quantitative estimate of drug-likeness (QED) is 0.726. The molecular weight excluding hydrogens is 296 g/mol. The minimum absolute atomic E-state index is 0.0184. The first-order chi connectivity index (χ1) is 8.92. The fourth-order valence-corrected chi connectivity index (χ4v) is 3.24. The van der Waals surface area contributed by atoms with Crippen LogP contribution in [0.2, 0.25) is 0 Å². The van der Waals surface area contributed by atoms with E-state index >= 15 is 0 Å². The molecule has 0 amide bonds. The van der Waals surface area contributed by atoms with Gasteiger partial charge in [0, 0.05) is 0 Å². The van der Waals surface area contributed by atoms with Gasteiger partial charge in [-0.1, -0.05) is 0 Å². The predicted molar refractivity (Wildman–Crippen MR) is 65.0 cm³/mol. The Hall–Kier alpha value is -2.14. The number of carboxylic acid groups (broad SMARTS) is 1. The molecule has 11 heteroatoms. The van der Waals surface area contributed by atoms with Crippen LogP contribution in [0.15, 0.2) is 16.3 Å². The normalized spacial score (nSPS) is 11.2. The van der Waals surface area contributed by atoms with E-state index < -0.39 is 16.0 Å². The third-order valence-electron chi connectivity index (χ3n) is 1.94. The van der Waals surface area contributed by atoms with Gasteiger partial charge in [-0.2, -0.15) is 4.98 Å². The molecule has 0 aliphatic heterocycles. The summed E-state index contributed by atoms with van der Waals surface area (Å²) in [5.74, 6) is -1.31. The summed E-state index contributed by atoms with van der Waals surface area (Å²) in [6, 6.07) is 2.39. The van der Waals surface area contributed by atoms with E-state index in [9.17, 15) is 13.2 Å². The van der Waals surface area contributed by atoms with Crippen LogP contribution in [0.4, 0.5) is 5.95 Å². The zero-order chi connectivity index (χ0) is 14.0. The third-order valence-corrected chi connectivity index (χ3v) is 4.84. The average molecular weight is 304 g/mol. The number of methoxy groups -OCH3 is 1. The Balaban J connectivity index is 2.24. The molecule has 0 saturated carbocycles. The molecule has 0 radical (unpaired) electrons. The first-order valence-electron chi connectivity index (χ1n) is 4.75. The van der Waals surface area contributed by atoms with Crippen LogP contribution in [0.25, 0.3) is 0 Å². The van der Waals surface area contributed by atoms with Crippen molar-refractivity contribution in [2.45, 2.75) is 4.21 Å². The van der Waals surface area contributed by atoms with E-state index in [1.54, 1.807) is 0 Å². The van der Waals surface area contributed by atoms with Crippen LogP contribution in [-0.2, 0) is 10.0 Å².